The van der Waals surface area contributed by atoms with Crippen LogP contribution in [0.4, 0.5) is 0 Å². The molecule has 1 aromatic heterocycles. The lowest BCUT2D eigenvalue weighted by Gasteiger charge is -2.07. The van der Waals surface area contributed by atoms with E-state index in [-0.39, 0.29) is 36.9 Å². The van der Waals surface area contributed by atoms with Crippen LogP contribution in [0, 0.1) is 0 Å². The van der Waals surface area contributed by atoms with Crippen LogP contribution in [-0.2, 0) is 0 Å². The number of nitrogens with two attached hydrogens (primary N) is 2. The highest BCUT2D eigenvalue weighted by Crippen LogP contribution is 2.34. The van der Waals surface area contributed by atoms with Crippen molar-refractivity contribution in [1.29, 1.82) is 0 Å². The molecule has 0 saturated heterocycles. The summed E-state index contributed by atoms with van der Waals surface area (Å²) in [5.74, 6) is 2.37. The van der Waals surface area contributed by atoms with E-state index in [4.69, 9.17) is 20.6 Å². The van der Waals surface area contributed by atoms with E-state index in [1.807, 2.05) is 70.2 Å². The molecule has 4 N–H and O–H groups in total. The summed E-state index contributed by atoms with van der Waals surface area (Å²) in [5, 5.41) is 0.904. The molecule has 0 amide bonds. The summed E-state index contributed by atoms with van der Waals surface area (Å²) in [4.78, 5) is 8.81. The number of halogens is 2. The first kappa shape index (κ1) is 26.3. The van der Waals surface area contributed by atoms with Gasteiger partial charge >= 0.3 is 0 Å². The van der Waals surface area contributed by atoms with Gasteiger partial charge in [0.2, 0.25) is 0 Å². The van der Waals surface area contributed by atoms with E-state index in [9.17, 15) is 0 Å². The van der Waals surface area contributed by atoms with E-state index in [0.717, 1.165) is 27.8 Å². The smallest absolute Gasteiger partial charge is 0.176 e. The molecule has 0 unspecified atom stereocenters. The highest BCUT2D eigenvalue weighted by Gasteiger charge is 2.14. The van der Waals surface area contributed by atoms with Crippen LogP contribution in [0.25, 0.3) is 22.3 Å². The number of furan rings is 1. The van der Waals surface area contributed by atoms with Crippen LogP contribution in [0.2, 0.25) is 0 Å². The molecule has 0 aliphatic heterocycles. The van der Waals surface area contributed by atoms with E-state index in [1.165, 1.54) is 0 Å². The first-order valence-electron chi connectivity index (χ1n) is 9.67. The molecule has 3 rings (SSSR count). The predicted octanol–water partition coefficient (Wildman–Crippen LogP) is 5.18. The zero-order valence-corrected chi connectivity index (χ0v) is 20.0. The summed E-state index contributed by atoms with van der Waals surface area (Å²) in [6.07, 6.45) is 0. The standard InChI is InChI=1S/C23H28N4O2.2ClH/c1-13(2)26-22(24)16-8-6-15(7-9-16)19-11-17-10-18(23(25)27-14(3)4)12-20(28-5)21(17)29-19;;/h6-14H,1-5H3,(H2,24,26)(H2,25,27);2*1H. The lowest BCUT2D eigenvalue weighted by molar-refractivity contribution is 0.411. The van der Waals surface area contributed by atoms with Gasteiger partial charge in [-0.1, -0.05) is 24.3 Å². The lowest BCUT2D eigenvalue weighted by atomic mass is 10.1. The van der Waals surface area contributed by atoms with Crippen molar-refractivity contribution in [2.24, 2.45) is 21.5 Å². The van der Waals surface area contributed by atoms with Gasteiger partial charge in [-0.05, 0) is 45.9 Å². The SMILES string of the molecule is COc1cc(C(N)=NC(C)C)cc2cc(-c3ccc(C(N)=NC(C)C)cc3)oc12.Cl.Cl. The number of ether oxygens (including phenoxy) is 1. The molecule has 8 heteroatoms. The van der Waals surface area contributed by atoms with Crippen molar-refractivity contribution in [1.82, 2.24) is 0 Å². The van der Waals surface area contributed by atoms with Gasteiger partial charge in [-0.2, -0.15) is 0 Å². The molecule has 0 radical (unpaired) electrons. The second kappa shape index (κ2) is 11.1. The number of nitrogens with zero attached hydrogens (tertiary/aromatic N) is 2. The predicted molar refractivity (Wildman–Crippen MR) is 134 cm³/mol. The van der Waals surface area contributed by atoms with Crippen LogP contribution in [-0.4, -0.2) is 30.9 Å². The Hall–Kier alpha value is -2.70. The number of hydrogen-bond acceptors (Lipinski definition) is 4. The maximum atomic E-state index is 6.15. The minimum absolute atomic E-state index is 0. The van der Waals surface area contributed by atoms with Gasteiger partial charge in [0.15, 0.2) is 11.3 Å². The number of rotatable bonds is 6. The number of fused-ring (bicyclic) bond motifs is 1. The first-order chi connectivity index (χ1) is 13.8. The van der Waals surface area contributed by atoms with Gasteiger partial charge in [-0.3, -0.25) is 9.98 Å². The van der Waals surface area contributed by atoms with Crippen molar-refractivity contribution in [3.8, 4) is 17.1 Å². The fourth-order valence-corrected chi connectivity index (χ4v) is 3.07. The van der Waals surface area contributed by atoms with Crippen molar-refractivity contribution in [2.45, 2.75) is 39.8 Å². The quantitative estimate of drug-likeness (QED) is 0.387. The fraction of sp³-hybridized carbons (Fsp3) is 0.304. The number of hydrogen-bond donors (Lipinski definition) is 2. The Labute approximate surface area is 195 Å². The Morgan fingerprint density at radius 2 is 1.39 bits per heavy atom. The van der Waals surface area contributed by atoms with E-state index < -0.39 is 0 Å². The molecule has 31 heavy (non-hydrogen) atoms. The normalized spacial score (nSPS) is 12.1. The molecule has 0 atom stereocenters. The van der Waals surface area contributed by atoms with E-state index in [0.29, 0.717) is 23.0 Å². The molecule has 0 bridgehead atoms. The molecule has 0 aliphatic carbocycles. The Morgan fingerprint density at radius 1 is 0.839 bits per heavy atom. The molecule has 0 spiro atoms. The summed E-state index contributed by atoms with van der Waals surface area (Å²) >= 11 is 0. The lowest BCUT2D eigenvalue weighted by Crippen LogP contribution is -2.15. The molecule has 0 aliphatic rings. The zero-order valence-electron chi connectivity index (χ0n) is 18.4. The third-order valence-corrected chi connectivity index (χ3v) is 4.36. The molecule has 1 heterocycles. The largest absolute Gasteiger partial charge is 0.493 e. The number of amidine groups is 2. The van der Waals surface area contributed by atoms with Gasteiger partial charge in [-0.15, -0.1) is 24.8 Å². The van der Waals surface area contributed by atoms with Crippen molar-refractivity contribution in [3.05, 3.63) is 53.6 Å². The van der Waals surface area contributed by atoms with Crippen LogP contribution in [0.15, 0.2) is 56.9 Å². The average Bonchev–Trinajstić information content (AvgIpc) is 3.10. The van der Waals surface area contributed by atoms with Crippen LogP contribution in [0.3, 0.4) is 0 Å². The highest BCUT2D eigenvalue weighted by atomic mass is 35.5. The van der Waals surface area contributed by atoms with Crippen LogP contribution < -0.4 is 16.2 Å². The molecule has 3 aromatic rings. The number of benzene rings is 2. The van der Waals surface area contributed by atoms with E-state index in [2.05, 4.69) is 9.98 Å². The summed E-state index contributed by atoms with van der Waals surface area (Å²) in [7, 11) is 1.61. The molecule has 2 aromatic carbocycles. The fourth-order valence-electron chi connectivity index (χ4n) is 3.07. The second-order valence-electron chi connectivity index (χ2n) is 7.50. The van der Waals surface area contributed by atoms with Gasteiger partial charge in [0.25, 0.3) is 0 Å². The maximum absolute atomic E-state index is 6.15. The van der Waals surface area contributed by atoms with Crippen LogP contribution >= 0.6 is 24.8 Å². The first-order valence-corrected chi connectivity index (χ1v) is 9.67. The van der Waals surface area contributed by atoms with E-state index in [1.54, 1.807) is 7.11 Å². The number of aliphatic imine (C=N–C) groups is 2. The summed E-state index contributed by atoms with van der Waals surface area (Å²) < 4.78 is 11.6. The molecule has 168 valence electrons. The van der Waals surface area contributed by atoms with Crippen molar-refractivity contribution < 1.29 is 9.15 Å². The zero-order chi connectivity index (χ0) is 21.1. The Morgan fingerprint density at radius 3 is 1.90 bits per heavy atom. The Balaban J connectivity index is 0.00000240. The molecular weight excluding hydrogens is 435 g/mol. The van der Waals surface area contributed by atoms with Crippen molar-refractivity contribution >= 4 is 47.5 Å². The third-order valence-electron chi connectivity index (χ3n) is 4.36. The van der Waals surface area contributed by atoms with Crippen LogP contribution in [0.1, 0.15) is 38.8 Å². The minimum Gasteiger partial charge on any atom is -0.493 e. The highest BCUT2D eigenvalue weighted by molar-refractivity contribution is 6.02. The monoisotopic (exact) mass is 464 g/mol. The van der Waals surface area contributed by atoms with Gasteiger partial charge in [-0.25, -0.2) is 0 Å². The number of methoxy groups -OCH3 is 1. The molecular formula is C23H30Cl2N4O2. The van der Waals surface area contributed by atoms with Gasteiger partial charge in [0.1, 0.15) is 17.4 Å². The Kier molecular flexibility index (Phi) is 9.40. The Bertz CT molecular complexity index is 1070. The van der Waals surface area contributed by atoms with Crippen molar-refractivity contribution in [3.63, 3.8) is 0 Å². The van der Waals surface area contributed by atoms with Gasteiger partial charge in [0.05, 0.1) is 7.11 Å². The topological polar surface area (TPSA) is 99.1 Å². The maximum Gasteiger partial charge on any atom is 0.176 e. The minimum atomic E-state index is 0. The van der Waals surface area contributed by atoms with Crippen LogP contribution in [0.5, 0.6) is 5.75 Å². The summed E-state index contributed by atoms with van der Waals surface area (Å²) in [5.41, 5.74) is 15.5. The molecule has 6 nitrogen and oxygen atoms in total. The third kappa shape index (κ3) is 6.15. The summed E-state index contributed by atoms with van der Waals surface area (Å²) in [6, 6.07) is 13.9. The van der Waals surface area contributed by atoms with Gasteiger partial charge in [0, 0.05) is 34.2 Å². The van der Waals surface area contributed by atoms with Gasteiger partial charge < -0.3 is 20.6 Å². The molecule has 0 fully saturated rings. The average molecular weight is 465 g/mol. The van der Waals surface area contributed by atoms with Crippen molar-refractivity contribution in [2.75, 3.05) is 7.11 Å². The molecule has 0 saturated carbocycles. The summed E-state index contributed by atoms with van der Waals surface area (Å²) in [6.45, 7) is 7.97. The van der Waals surface area contributed by atoms with E-state index >= 15 is 0 Å². The second-order valence-corrected chi connectivity index (χ2v) is 7.50.